The first-order valence-corrected chi connectivity index (χ1v) is 5.19. The van der Waals surface area contributed by atoms with Crippen molar-refractivity contribution in [3.8, 4) is 0 Å². The van der Waals surface area contributed by atoms with Crippen LogP contribution >= 0.6 is 12.4 Å². The van der Waals surface area contributed by atoms with Gasteiger partial charge in [-0.1, -0.05) is 20.8 Å². The normalized spacial score (nSPS) is 10.0. The monoisotopic (exact) mass is 222 g/mol. The Kier molecular flexibility index (Phi) is 12.8. The Morgan fingerprint density at radius 1 is 1.21 bits per heavy atom. The second kappa shape index (κ2) is 11.0. The van der Waals surface area contributed by atoms with Gasteiger partial charge in [0.15, 0.2) is 0 Å². The third-order valence-electron chi connectivity index (χ3n) is 2.13. The molecule has 0 rings (SSSR count). The van der Waals surface area contributed by atoms with Gasteiger partial charge in [-0.15, -0.1) is 12.4 Å². The Labute approximate surface area is 93.6 Å². The molecule has 0 aliphatic heterocycles. The lowest BCUT2D eigenvalue weighted by Gasteiger charge is -2.16. The summed E-state index contributed by atoms with van der Waals surface area (Å²) in [6, 6.07) is 0. The molecule has 0 aromatic heterocycles. The molecule has 1 N–H and O–H groups in total. The van der Waals surface area contributed by atoms with E-state index >= 15 is 0 Å². The minimum atomic E-state index is 0. The fraction of sp³-hybridized carbons (Fsp3) is 0.900. The van der Waals surface area contributed by atoms with Crippen LogP contribution in [0.1, 0.15) is 27.2 Å². The SMILES string of the molecule is CCNCCC(=O)CN(CC)CC.Cl. The Hall–Kier alpha value is -0.120. The molecule has 0 aliphatic carbocycles. The topological polar surface area (TPSA) is 32.3 Å². The third kappa shape index (κ3) is 8.48. The lowest BCUT2D eigenvalue weighted by atomic mass is 10.2. The zero-order valence-corrected chi connectivity index (χ0v) is 10.3. The highest BCUT2D eigenvalue weighted by atomic mass is 35.5. The predicted octanol–water partition coefficient (Wildman–Crippen LogP) is 1.32. The van der Waals surface area contributed by atoms with Crippen molar-refractivity contribution in [3.05, 3.63) is 0 Å². The van der Waals surface area contributed by atoms with Crippen LogP contribution in [0.25, 0.3) is 0 Å². The van der Waals surface area contributed by atoms with E-state index in [1.54, 1.807) is 0 Å². The highest BCUT2D eigenvalue weighted by Crippen LogP contribution is 1.90. The van der Waals surface area contributed by atoms with Crippen molar-refractivity contribution in [2.75, 3.05) is 32.7 Å². The van der Waals surface area contributed by atoms with Gasteiger partial charge in [0.1, 0.15) is 5.78 Å². The number of nitrogens with one attached hydrogen (secondary N) is 1. The van der Waals surface area contributed by atoms with Crippen molar-refractivity contribution in [2.45, 2.75) is 27.2 Å². The van der Waals surface area contributed by atoms with E-state index in [2.05, 4.69) is 31.0 Å². The molecule has 0 unspecified atom stereocenters. The van der Waals surface area contributed by atoms with E-state index in [0.717, 1.165) is 26.2 Å². The van der Waals surface area contributed by atoms with E-state index < -0.39 is 0 Å². The minimum absolute atomic E-state index is 0. The Balaban J connectivity index is 0. The summed E-state index contributed by atoms with van der Waals surface area (Å²) in [5, 5.41) is 3.15. The zero-order valence-electron chi connectivity index (χ0n) is 9.51. The van der Waals surface area contributed by atoms with Crippen LogP contribution in [-0.2, 0) is 4.79 Å². The Bertz CT molecular complexity index is 138. The largest absolute Gasteiger partial charge is 0.317 e. The number of Topliss-reactive ketones (excluding diaryl/α,β-unsaturated/α-hetero) is 1. The molecule has 0 bridgehead atoms. The molecule has 0 atom stereocenters. The van der Waals surface area contributed by atoms with Crippen LogP contribution in [0.15, 0.2) is 0 Å². The van der Waals surface area contributed by atoms with Gasteiger partial charge in [0, 0.05) is 13.0 Å². The second-order valence-electron chi connectivity index (χ2n) is 3.10. The molecular weight excluding hydrogens is 200 g/mol. The van der Waals surface area contributed by atoms with Crippen molar-refractivity contribution < 1.29 is 4.79 Å². The van der Waals surface area contributed by atoms with Crippen LogP contribution in [0.4, 0.5) is 0 Å². The maximum absolute atomic E-state index is 11.4. The summed E-state index contributed by atoms with van der Waals surface area (Å²) in [7, 11) is 0. The molecular formula is C10H23ClN2O. The molecule has 0 fully saturated rings. The molecule has 3 nitrogen and oxygen atoms in total. The van der Waals surface area contributed by atoms with Gasteiger partial charge in [-0.2, -0.15) is 0 Å². The fourth-order valence-electron chi connectivity index (χ4n) is 1.18. The standard InChI is InChI=1S/C10H22N2O.ClH/c1-4-11-8-7-10(13)9-12(5-2)6-3;/h11H,4-9H2,1-3H3;1H. The van der Waals surface area contributed by atoms with Crippen LogP contribution in [0.5, 0.6) is 0 Å². The van der Waals surface area contributed by atoms with E-state index in [0.29, 0.717) is 18.7 Å². The first kappa shape index (κ1) is 16.3. The minimum Gasteiger partial charge on any atom is -0.317 e. The molecule has 14 heavy (non-hydrogen) atoms. The molecule has 0 aliphatic rings. The second-order valence-corrected chi connectivity index (χ2v) is 3.10. The molecule has 0 radical (unpaired) electrons. The van der Waals surface area contributed by atoms with Gasteiger partial charge < -0.3 is 5.32 Å². The van der Waals surface area contributed by atoms with Gasteiger partial charge in [-0.25, -0.2) is 0 Å². The molecule has 0 aromatic rings. The zero-order chi connectivity index (χ0) is 10.1. The maximum atomic E-state index is 11.4. The highest BCUT2D eigenvalue weighted by molar-refractivity contribution is 5.85. The van der Waals surface area contributed by atoms with Crippen molar-refractivity contribution in [2.24, 2.45) is 0 Å². The van der Waals surface area contributed by atoms with Gasteiger partial charge in [0.05, 0.1) is 6.54 Å². The molecule has 0 spiro atoms. The third-order valence-corrected chi connectivity index (χ3v) is 2.13. The molecule has 0 saturated carbocycles. The highest BCUT2D eigenvalue weighted by Gasteiger charge is 2.05. The first-order valence-electron chi connectivity index (χ1n) is 5.19. The summed E-state index contributed by atoms with van der Waals surface area (Å²) in [5.41, 5.74) is 0. The molecule has 0 heterocycles. The summed E-state index contributed by atoms with van der Waals surface area (Å²) < 4.78 is 0. The van der Waals surface area contributed by atoms with Crippen LogP contribution < -0.4 is 5.32 Å². The smallest absolute Gasteiger partial charge is 0.148 e. The van der Waals surface area contributed by atoms with Crippen molar-refractivity contribution in [1.82, 2.24) is 10.2 Å². The number of carbonyl (C=O) groups is 1. The van der Waals surface area contributed by atoms with Crippen LogP contribution in [0.3, 0.4) is 0 Å². The number of hydrogen-bond acceptors (Lipinski definition) is 3. The van der Waals surface area contributed by atoms with E-state index in [4.69, 9.17) is 0 Å². The van der Waals surface area contributed by atoms with Crippen LogP contribution in [0, 0.1) is 0 Å². The average Bonchev–Trinajstić information content (AvgIpc) is 2.14. The summed E-state index contributed by atoms with van der Waals surface area (Å²) in [5.74, 6) is 0.338. The van der Waals surface area contributed by atoms with Gasteiger partial charge in [-0.3, -0.25) is 9.69 Å². The predicted molar refractivity (Wildman–Crippen MR) is 63.2 cm³/mol. The molecule has 86 valence electrons. The maximum Gasteiger partial charge on any atom is 0.148 e. The number of halogens is 1. The van der Waals surface area contributed by atoms with E-state index in [-0.39, 0.29) is 12.4 Å². The van der Waals surface area contributed by atoms with Crippen LogP contribution in [-0.4, -0.2) is 43.4 Å². The van der Waals surface area contributed by atoms with E-state index in [1.807, 2.05) is 0 Å². The first-order chi connectivity index (χ1) is 6.24. The van der Waals surface area contributed by atoms with Gasteiger partial charge in [0.2, 0.25) is 0 Å². The average molecular weight is 223 g/mol. The van der Waals surface area contributed by atoms with Gasteiger partial charge in [-0.05, 0) is 19.6 Å². The van der Waals surface area contributed by atoms with Crippen molar-refractivity contribution >= 4 is 18.2 Å². The number of ketones is 1. The number of likely N-dealkylation sites (N-methyl/N-ethyl adjacent to an activating group) is 1. The Morgan fingerprint density at radius 2 is 1.79 bits per heavy atom. The number of hydrogen-bond donors (Lipinski definition) is 1. The summed E-state index contributed by atoms with van der Waals surface area (Å²) in [6.07, 6.45) is 0.657. The lowest BCUT2D eigenvalue weighted by Crippen LogP contribution is -2.31. The van der Waals surface area contributed by atoms with Crippen molar-refractivity contribution in [3.63, 3.8) is 0 Å². The fourth-order valence-corrected chi connectivity index (χ4v) is 1.18. The number of carbonyl (C=O) groups excluding carboxylic acids is 1. The molecule has 0 aromatic carbocycles. The molecule has 0 amide bonds. The van der Waals surface area contributed by atoms with Crippen molar-refractivity contribution in [1.29, 1.82) is 0 Å². The van der Waals surface area contributed by atoms with E-state index in [1.165, 1.54) is 0 Å². The summed E-state index contributed by atoms with van der Waals surface area (Å²) in [4.78, 5) is 13.5. The molecule has 4 heteroatoms. The summed E-state index contributed by atoms with van der Waals surface area (Å²) >= 11 is 0. The Morgan fingerprint density at radius 3 is 2.21 bits per heavy atom. The summed E-state index contributed by atoms with van der Waals surface area (Å²) in [6.45, 7) is 10.5. The lowest BCUT2D eigenvalue weighted by molar-refractivity contribution is -0.120. The number of rotatable bonds is 8. The van der Waals surface area contributed by atoms with Crippen LogP contribution in [0.2, 0.25) is 0 Å². The number of nitrogens with zero attached hydrogens (tertiary/aromatic N) is 1. The quantitative estimate of drug-likeness (QED) is 0.629. The molecule has 0 saturated heterocycles. The van der Waals surface area contributed by atoms with Gasteiger partial charge >= 0.3 is 0 Å². The van der Waals surface area contributed by atoms with E-state index in [9.17, 15) is 4.79 Å². The van der Waals surface area contributed by atoms with Gasteiger partial charge in [0.25, 0.3) is 0 Å².